The van der Waals surface area contributed by atoms with Gasteiger partial charge in [0.15, 0.2) is 5.82 Å². The molecule has 1 aromatic rings. The van der Waals surface area contributed by atoms with Crippen molar-refractivity contribution in [2.45, 2.75) is 45.7 Å². The molecule has 1 unspecified atom stereocenters. The molecule has 78 valence electrons. The highest BCUT2D eigenvalue weighted by atomic mass is 16.5. The fourth-order valence-corrected chi connectivity index (χ4v) is 1.98. The molecule has 0 spiro atoms. The molecule has 1 aliphatic rings. The highest BCUT2D eigenvalue weighted by molar-refractivity contribution is 4.86. The minimum absolute atomic E-state index is 0.655. The lowest BCUT2D eigenvalue weighted by Gasteiger charge is -2.32. The second-order valence-electron chi connectivity index (χ2n) is 4.04. The summed E-state index contributed by atoms with van der Waals surface area (Å²) in [6.45, 7) is 6.09. The zero-order valence-corrected chi connectivity index (χ0v) is 8.86. The van der Waals surface area contributed by atoms with E-state index in [2.05, 4.69) is 22.0 Å². The quantitative estimate of drug-likeness (QED) is 0.721. The number of hydrogen-bond donors (Lipinski definition) is 0. The van der Waals surface area contributed by atoms with Crippen LogP contribution in [0.2, 0.25) is 0 Å². The second-order valence-corrected chi connectivity index (χ2v) is 4.04. The number of nitrogens with zero attached hydrogens (tertiary/aromatic N) is 3. The smallest absolute Gasteiger partial charge is 0.223 e. The number of aryl methyl sites for hydroxylation is 1. The Bertz CT molecular complexity index is 297. The van der Waals surface area contributed by atoms with Crippen LogP contribution in [-0.2, 0) is 6.54 Å². The Morgan fingerprint density at radius 3 is 3.00 bits per heavy atom. The zero-order chi connectivity index (χ0) is 9.97. The molecule has 0 N–H and O–H groups in total. The Morgan fingerprint density at radius 2 is 2.36 bits per heavy atom. The molecule has 0 aromatic carbocycles. The van der Waals surface area contributed by atoms with Gasteiger partial charge >= 0.3 is 0 Å². The molecule has 0 radical (unpaired) electrons. The Hall–Kier alpha value is -0.900. The molecule has 1 saturated heterocycles. The first-order valence-electron chi connectivity index (χ1n) is 5.29. The van der Waals surface area contributed by atoms with E-state index in [4.69, 9.17) is 4.52 Å². The summed E-state index contributed by atoms with van der Waals surface area (Å²) in [4.78, 5) is 6.64. The summed E-state index contributed by atoms with van der Waals surface area (Å²) in [6, 6.07) is 0.655. The lowest BCUT2D eigenvalue weighted by atomic mass is 10.0. The third kappa shape index (κ3) is 2.12. The van der Waals surface area contributed by atoms with E-state index in [1.54, 1.807) is 0 Å². The standard InChI is InChI=1S/C10H17N3O/c1-8-5-3-4-6-13(8)7-10-11-9(2)14-12-10/h8H,3-7H2,1-2H3. The molecule has 1 fully saturated rings. The van der Waals surface area contributed by atoms with E-state index in [1.165, 1.54) is 19.3 Å². The fourth-order valence-electron chi connectivity index (χ4n) is 1.98. The summed E-state index contributed by atoms with van der Waals surface area (Å²) in [5, 5.41) is 3.92. The normalized spacial score (nSPS) is 24.0. The third-order valence-corrected chi connectivity index (χ3v) is 2.85. The van der Waals surface area contributed by atoms with Crippen LogP contribution in [0.5, 0.6) is 0 Å². The summed E-state index contributed by atoms with van der Waals surface area (Å²) in [6.07, 6.45) is 3.93. The molecule has 0 saturated carbocycles. The van der Waals surface area contributed by atoms with Gasteiger partial charge in [0.05, 0.1) is 6.54 Å². The summed E-state index contributed by atoms with van der Waals surface area (Å²) in [5.41, 5.74) is 0. The maximum Gasteiger partial charge on any atom is 0.223 e. The van der Waals surface area contributed by atoms with Crippen molar-refractivity contribution < 1.29 is 4.52 Å². The average molecular weight is 195 g/mol. The number of likely N-dealkylation sites (tertiary alicyclic amines) is 1. The number of aromatic nitrogens is 2. The minimum Gasteiger partial charge on any atom is -0.340 e. The monoisotopic (exact) mass is 195 g/mol. The number of piperidine rings is 1. The molecule has 1 aromatic heterocycles. The van der Waals surface area contributed by atoms with E-state index >= 15 is 0 Å². The van der Waals surface area contributed by atoms with Crippen molar-refractivity contribution in [3.63, 3.8) is 0 Å². The molecule has 0 amide bonds. The van der Waals surface area contributed by atoms with Crippen LogP contribution in [0.1, 0.15) is 37.9 Å². The van der Waals surface area contributed by atoms with Crippen molar-refractivity contribution in [3.05, 3.63) is 11.7 Å². The molecule has 1 atom stereocenters. The Labute approximate surface area is 84.3 Å². The van der Waals surface area contributed by atoms with Crippen LogP contribution < -0.4 is 0 Å². The topological polar surface area (TPSA) is 42.2 Å². The van der Waals surface area contributed by atoms with Gasteiger partial charge < -0.3 is 4.52 Å². The first-order valence-corrected chi connectivity index (χ1v) is 5.29. The molecule has 0 aliphatic carbocycles. The van der Waals surface area contributed by atoms with Crippen molar-refractivity contribution >= 4 is 0 Å². The molecular weight excluding hydrogens is 178 g/mol. The Balaban J connectivity index is 1.95. The van der Waals surface area contributed by atoms with Crippen LogP contribution in [-0.4, -0.2) is 27.6 Å². The van der Waals surface area contributed by atoms with Crippen molar-refractivity contribution in [3.8, 4) is 0 Å². The Morgan fingerprint density at radius 1 is 1.50 bits per heavy atom. The van der Waals surface area contributed by atoms with Crippen LogP contribution in [0.15, 0.2) is 4.52 Å². The van der Waals surface area contributed by atoms with Crippen molar-refractivity contribution in [1.82, 2.24) is 15.0 Å². The molecule has 4 heteroatoms. The summed E-state index contributed by atoms with van der Waals surface area (Å²) in [5.74, 6) is 1.47. The first-order chi connectivity index (χ1) is 6.75. The van der Waals surface area contributed by atoms with Crippen molar-refractivity contribution in [2.24, 2.45) is 0 Å². The van der Waals surface area contributed by atoms with Gasteiger partial charge in [-0.1, -0.05) is 11.6 Å². The van der Waals surface area contributed by atoms with Gasteiger partial charge in [0, 0.05) is 13.0 Å². The van der Waals surface area contributed by atoms with Gasteiger partial charge in [0.1, 0.15) is 0 Å². The average Bonchev–Trinajstić information content (AvgIpc) is 2.56. The van der Waals surface area contributed by atoms with Gasteiger partial charge in [0.25, 0.3) is 0 Å². The lowest BCUT2D eigenvalue weighted by Crippen LogP contribution is -2.37. The number of hydrogen-bond acceptors (Lipinski definition) is 4. The maximum absolute atomic E-state index is 4.95. The Kier molecular flexibility index (Phi) is 2.82. The molecule has 1 aliphatic heterocycles. The largest absolute Gasteiger partial charge is 0.340 e. The fraction of sp³-hybridized carbons (Fsp3) is 0.800. The molecular formula is C10H17N3O. The third-order valence-electron chi connectivity index (χ3n) is 2.85. The van der Waals surface area contributed by atoms with Crippen LogP contribution in [0.3, 0.4) is 0 Å². The summed E-state index contributed by atoms with van der Waals surface area (Å²) in [7, 11) is 0. The van der Waals surface area contributed by atoms with E-state index in [-0.39, 0.29) is 0 Å². The number of rotatable bonds is 2. The predicted molar refractivity (Wildman–Crippen MR) is 52.8 cm³/mol. The van der Waals surface area contributed by atoms with Crippen LogP contribution in [0, 0.1) is 6.92 Å². The van der Waals surface area contributed by atoms with Gasteiger partial charge in [-0.25, -0.2) is 0 Å². The first kappa shape index (κ1) is 9.65. The molecule has 14 heavy (non-hydrogen) atoms. The highest BCUT2D eigenvalue weighted by Gasteiger charge is 2.19. The van der Waals surface area contributed by atoms with E-state index in [1.807, 2.05) is 6.92 Å². The highest BCUT2D eigenvalue weighted by Crippen LogP contribution is 2.17. The zero-order valence-electron chi connectivity index (χ0n) is 8.86. The van der Waals surface area contributed by atoms with E-state index in [0.717, 1.165) is 18.9 Å². The summed E-state index contributed by atoms with van der Waals surface area (Å²) < 4.78 is 4.95. The molecule has 0 bridgehead atoms. The van der Waals surface area contributed by atoms with Crippen molar-refractivity contribution in [1.29, 1.82) is 0 Å². The molecule has 2 rings (SSSR count). The van der Waals surface area contributed by atoms with Crippen molar-refractivity contribution in [2.75, 3.05) is 6.54 Å². The van der Waals surface area contributed by atoms with Gasteiger partial charge in [-0.05, 0) is 26.3 Å². The van der Waals surface area contributed by atoms with E-state index in [9.17, 15) is 0 Å². The van der Waals surface area contributed by atoms with Crippen LogP contribution in [0.25, 0.3) is 0 Å². The lowest BCUT2D eigenvalue weighted by molar-refractivity contribution is 0.147. The maximum atomic E-state index is 4.95. The van der Waals surface area contributed by atoms with Gasteiger partial charge in [-0.15, -0.1) is 0 Å². The van der Waals surface area contributed by atoms with Gasteiger partial charge in [-0.2, -0.15) is 4.98 Å². The van der Waals surface area contributed by atoms with Gasteiger partial charge in [-0.3, -0.25) is 4.90 Å². The summed E-state index contributed by atoms with van der Waals surface area (Å²) >= 11 is 0. The molecule has 4 nitrogen and oxygen atoms in total. The SMILES string of the molecule is Cc1nc(CN2CCCCC2C)no1. The minimum atomic E-state index is 0.655. The van der Waals surface area contributed by atoms with Gasteiger partial charge in [0.2, 0.25) is 5.89 Å². The van der Waals surface area contributed by atoms with E-state index in [0.29, 0.717) is 11.9 Å². The van der Waals surface area contributed by atoms with Crippen LogP contribution in [0.4, 0.5) is 0 Å². The van der Waals surface area contributed by atoms with E-state index < -0.39 is 0 Å². The predicted octanol–water partition coefficient (Wildman–Crippen LogP) is 1.75. The molecule has 2 heterocycles. The van der Waals surface area contributed by atoms with Crippen LogP contribution >= 0.6 is 0 Å². The second kappa shape index (κ2) is 4.09.